The summed E-state index contributed by atoms with van der Waals surface area (Å²) in [6.07, 6.45) is 11.4. The molecule has 0 spiro atoms. The van der Waals surface area contributed by atoms with Gasteiger partial charge in [0.15, 0.2) is 0 Å². The van der Waals surface area contributed by atoms with E-state index in [0.717, 1.165) is 63.7 Å². The zero-order valence-corrected chi connectivity index (χ0v) is 66.2. The van der Waals surface area contributed by atoms with Gasteiger partial charge < -0.3 is 19.6 Å². The van der Waals surface area contributed by atoms with Gasteiger partial charge in [-0.1, -0.05) is 219 Å². The van der Waals surface area contributed by atoms with Crippen molar-refractivity contribution in [3.05, 3.63) is 274 Å². The van der Waals surface area contributed by atoms with E-state index >= 15 is 0 Å². The van der Waals surface area contributed by atoms with Gasteiger partial charge in [-0.25, -0.2) is 0 Å². The van der Waals surface area contributed by atoms with Crippen LogP contribution in [0, 0.1) is 23.8 Å². The van der Waals surface area contributed by atoms with Gasteiger partial charge >= 0.3 is 0 Å². The molecule has 0 radical (unpaired) electrons. The average Bonchev–Trinajstić information content (AvgIpc) is 1.06. The van der Waals surface area contributed by atoms with Crippen LogP contribution < -0.4 is 0 Å². The summed E-state index contributed by atoms with van der Waals surface area (Å²) in [5.74, 6) is 6.29. The van der Waals surface area contributed by atoms with Crippen molar-refractivity contribution in [1.82, 2.24) is 35.0 Å². The molecule has 11 nitrogen and oxygen atoms in total. The topological polar surface area (TPSA) is 123 Å². The molecular formula is C81H76BrCl8N7O4Si. The van der Waals surface area contributed by atoms with E-state index in [1.807, 2.05) is 75.1 Å². The van der Waals surface area contributed by atoms with Crippen LogP contribution in [0.5, 0.6) is 0 Å². The lowest BCUT2D eigenvalue weighted by Crippen LogP contribution is -2.40. The molecule has 4 aliphatic heterocycles. The maximum Gasteiger partial charge on any atom is 0.227 e. The van der Waals surface area contributed by atoms with Crippen molar-refractivity contribution in [3.63, 3.8) is 0 Å². The first kappa shape index (κ1) is 77.5. The Balaban J connectivity index is 0.000000147. The highest BCUT2D eigenvalue weighted by Gasteiger charge is 2.34. The molecule has 526 valence electrons. The summed E-state index contributed by atoms with van der Waals surface area (Å²) in [5.41, 5.74) is 19.7. The minimum absolute atomic E-state index is 0.00569. The lowest BCUT2D eigenvalue weighted by molar-refractivity contribution is -0.133. The summed E-state index contributed by atoms with van der Waals surface area (Å²) in [4.78, 5) is 59.2. The Kier molecular flexibility index (Phi) is 26.4. The van der Waals surface area contributed by atoms with Gasteiger partial charge in [0.25, 0.3) is 0 Å². The van der Waals surface area contributed by atoms with Crippen LogP contribution in [-0.4, -0.2) is 92.9 Å². The van der Waals surface area contributed by atoms with E-state index in [0.29, 0.717) is 88.6 Å². The van der Waals surface area contributed by atoms with E-state index in [2.05, 4.69) is 113 Å². The highest BCUT2D eigenvalue weighted by Crippen LogP contribution is 2.40. The second kappa shape index (κ2) is 34.7. The third kappa shape index (κ3) is 18.2. The number of terminal acetylenes is 1. The van der Waals surface area contributed by atoms with Gasteiger partial charge in [0.1, 0.15) is 13.8 Å². The number of aromatic amines is 1. The molecule has 0 unspecified atom stereocenters. The van der Waals surface area contributed by atoms with Crippen LogP contribution in [-0.2, 0) is 70.5 Å². The molecule has 1 N–H and O–H groups in total. The molecule has 4 atom stereocenters. The molecule has 0 fully saturated rings. The quantitative estimate of drug-likeness (QED) is 0.113. The third-order valence-electron chi connectivity index (χ3n) is 19.1. The second-order valence-electron chi connectivity index (χ2n) is 26.5. The number of H-pyrrole nitrogens is 1. The summed E-state index contributed by atoms with van der Waals surface area (Å²) in [6.45, 7) is 17.7. The first-order chi connectivity index (χ1) is 48.7. The Labute approximate surface area is 647 Å². The Morgan fingerprint density at radius 3 is 1.11 bits per heavy atom. The van der Waals surface area contributed by atoms with Crippen molar-refractivity contribution < 1.29 is 19.2 Å². The number of fused-ring (bicyclic) bond motifs is 4. The molecule has 0 saturated heterocycles. The van der Waals surface area contributed by atoms with Gasteiger partial charge in [-0.3, -0.25) is 19.2 Å². The summed E-state index contributed by atoms with van der Waals surface area (Å²) in [7, 11) is -1.44. The Bertz CT molecular complexity index is 4660. The molecule has 0 bridgehead atoms. The smallest absolute Gasteiger partial charge is 0.227 e. The molecule has 5 heterocycles. The molecule has 21 heteroatoms. The number of rotatable bonds is 9. The van der Waals surface area contributed by atoms with Crippen LogP contribution in [0.4, 0.5) is 0 Å². The van der Waals surface area contributed by atoms with Crippen molar-refractivity contribution in [2.45, 2.75) is 123 Å². The summed E-state index contributed by atoms with van der Waals surface area (Å²) < 4.78 is 1.11. The van der Waals surface area contributed by atoms with Crippen LogP contribution in [0.1, 0.15) is 130 Å². The SMILES string of the molecule is C#Cc1cccc2c1CCN(C(=O)Cc1c(Cl)cccc1Cl)[C@H]2C.C[C@H]1c2cccc(-c3cn[nH]n3)c2CCN1C(=O)Cc1c(Cl)cccc1Cl.C[C@H]1c2cccc(Br)c2CCN1C(=O)Cc1c(Cl)cccc1Cl.C[C@H]1c2cccc(C#C[Si](C)(C)C)c2CCN1C(=O)Cc1c(Cl)cccc1Cl. The van der Waals surface area contributed by atoms with Crippen molar-refractivity contribution >= 4 is 140 Å². The maximum absolute atomic E-state index is 13.0. The molecule has 8 aromatic carbocycles. The molecule has 0 saturated carbocycles. The van der Waals surface area contributed by atoms with Gasteiger partial charge in [0, 0.05) is 87.5 Å². The van der Waals surface area contributed by atoms with Crippen LogP contribution >= 0.6 is 109 Å². The van der Waals surface area contributed by atoms with Gasteiger partial charge in [0.2, 0.25) is 23.6 Å². The van der Waals surface area contributed by atoms with Gasteiger partial charge in [-0.05, 0) is 187 Å². The number of nitrogens with one attached hydrogen (secondary N) is 1. The fourth-order valence-electron chi connectivity index (χ4n) is 13.7. The second-order valence-corrected chi connectivity index (χ2v) is 35.3. The number of benzene rings is 8. The number of hydrogen-bond donors (Lipinski definition) is 1. The highest BCUT2D eigenvalue weighted by molar-refractivity contribution is 9.10. The number of amides is 4. The number of carbonyl (C=O) groups is 4. The Morgan fingerprint density at radius 2 is 0.755 bits per heavy atom. The highest BCUT2D eigenvalue weighted by atomic mass is 79.9. The fraction of sp³-hybridized carbons (Fsp3) is 0.284. The average molecular weight is 1600 g/mol. The lowest BCUT2D eigenvalue weighted by Gasteiger charge is -2.36. The number of nitrogens with zero attached hydrogens (tertiary/aromatic N) is 6. The van der Waals surface area contributed by atoms with E-state index < -0.39 is 8.07 Å². The maximum atomic E-state index is 13.0. The molecule has 102 heavy (non-hydrogen) atoms. The zero-order valence-electron chi connectivity index (χ0n) is 57.5. The lowest BCUT2D eigenvalue weighted by atomic mass is 9.88. The van der Waals surface area contributed by atoms with Crippen molar-refractivity contribution in [2.75, 3.05) is 26.2 Å². The minimum Gasteiger partial charge on any atom is -0.335 e. The molecular weight excluding hydrogens is 1530 g/mol. The number of hydrogen-bond acceptors (Lipinski definition) is 6. The van der Waals surface area contributed by atoms with Crippen molar-refractivity contribution in [2.24, 2.45) is 0 Å². The fourth-order valence-corrected chi connectivity index (χ4v) is 16.9. The van der Waals surface area contributed by atoms with Crippen LogP contribution in [0.2, 0.25) is 59.8 Å². The Morgan fingerprint density at radius 1 is 0.451 bits per heavy atom. The standard InChI is InChI=1S/C23H25Cl2NOSi.C20H18Cl2N4O.C20H17Cl2NO.C18H16BrCl2NO/c1-16-18-8-5-7-17(12-14-28(2,3)4)19(18)11-13-26(16)23(27)15-20-21(24)9-6-10-22(20)25;1-12-13-4-2-5-15(19-11-23-25-24-19)14(13)8-9-26(12)20(27)10-16-17(21)6-3-7-18(16)22;1-3-14-6-4-7-15-13(2)23(11-10-16(14)15)20(24)12-17-18(21)8-5-9-19(17)22;1-11-12-4-2-5-15(19)13(12)8-9-22(11)18(23)10-14-16(20)6-3-7-17(14)21/h5-10,16H,11,13,15H2,1-4H3;2-7,11-12H,8-10H2,1H3,(H,23,24,25);1,4-9,13H,10-12H2,2H3;2-7,11H,8-10H2,1H3/t16-;12-;13-;11-/m0000/s1. The van der Waals surface area contributed by atoms with E-state index in [1.165, 1.54) is 33.4 Å². The summed E-state index contributed by atoms with van der Waals surface area (Å²) in [6, 6.07) is 45.7. The van der Waals surface area contributed by atoms with Gasteiger partial charge in [-0.2, -0.15) is 15.4 Å². The van der Waals surface area contributed by atoms with Gasteiger partial charge in [-0.15, -0.1) is 12.0 Å². The van der Waals surface area contributed by atoms with Crippen molar-refractivity contribution in [1.29, 1.82) is 0 Å². The first-order valence-electron chi connectivity index (χ1n) is 33.6. The minimum atomic E-state index is -1.44. The number of aromatic nitrogens is 3. The monoisotopic (exact) mass is 1600 g/mol. The van der Waals surface area contributed by atoms with Crippen LogP contribution in [0.25, 0.3) is 11.3 Å². The summed E-state index contributed by atoms with van der Waals surface area (Å²) in [5, 5.41) is 15.0. The zero-order chi connectivity index (χ0) is 73.3. The number of carbonyl (C=O) groups excluding carboxylic acids is 4. The van der Waals surface area contributed by atoms with E-state index in [1.54, 1.807) is 79.0 Å². The van der Waals surface area contributed by atoms with Crippen LogP contribution in [0.15, 0.2) is 156 Å². The largest absolute Gasteiger partial charge is 0.335 e. The molecule has 13 rings (SSSR count). The molecule has 9 aromatic rings. The first-order valence-corrected chi connectivity index (χ1v) is 40.9. The Hall–Kier alpha value is -7.08. The van der Waals surface area contributed by atoms with E-state index in [-0.39, 0.29) is 73.5 Å². The molecule has 4 amide bonds. The third-order valence-corrected chi connectivity index (χ3v) is 23.6. The summed E-state index contributed by atoms with van der Waals surface area (Å²) >= 11 is 53.3. The van der Waals surface area contributed by atoms with E-state index in [4.69, 9.17) is 99.2 Å². The molecule has 0 aliphatic carbocycles. The van der Waals surface area contributed by atoms with Gasteiger partial charge in [0.05, 0.1) is 56.0 Å². The predicted molar refractivity (Wildman–Crippen MR) is 423 cm³/mol. The molecule has 4 aliphatic rings. The predicted octanol–water partition coefficient (Wildman–Crippen LogP) is 20.5. The molecule has 1 aromatic heterocycles. The number of halogens is 9. The normalized spacial score (nSPS) is 16.5. The van der Waals surface area contributed by atoms with E-state index in [9.17, 15) is 19.2 Å². The van der Waals surface area contributed by atoms with Crippen molar-refractivity contribution in [3.8, 4) is 35.1 Å². The van der Waals surface area contributed by atoms with Crippen LogP contribution in [0.3, 0.4) is 0 Å².